The fraction of sp³-hybridized carbons (Fsp3) is 0.750. The van der Waals surface area contributed by atoms with Gasteiger partial charge in [-0.2, -0.15) is 0 Å². The topological polar surface area (TPSA) is 20.2 Å². The molecule has 0 saturated carbocycles. The molecule has 0 saturated heterocycles. The van der Waals surface area contributed by atoms with Crippen LogP contribution in [0, 0.1) is 0 Å². The van der Waals surface area contributed by atoms with Crippen LogP contribution in [-0.2, 0) is 0 Å². The molecule has 0 amide bonds. The lowest BCUT2D eigenvalue weighted by Gasteiger charge is -2.35. The van der Waals surface area contributed by atoms with Crippen LogP contribution in [0.3, 0.4) is 0 Å². The van der Waals surface area contributed by atoms with Gasteiger partial charge in [0.15, 0.2) is 0 Å². The van der Waals surface area contributed by atoms with Crippen LogP contribution in [0.15, 0.2) is 23.9 Å². The Bertz CT molecular complexity index is 284. The predicted molar refractivity (Wildman–Crippen MR) is 85.6 cm³/mol. The third-order valence-corrected chi connectivity index (χ3v) is 9.08. The zero-order chi connectivity index (χ0) is 14.4. The standard InChI is InChI=1S/C16H32OSi/c1-8-10-11-12-15(17)14(9-2)13-18(6,7)16(3,4)5/h9,13,15,17H,2,8,10-12H2,1,3-7H3/b14-13+. The Morgan fingerprint density at radius 3 is 2.22 bits per heavy atom. The second kappa shape index (κ2) is 7.30. The zero-order valence-electron chi connectivity index (χ0n) is 13.2. The Hall–Kier alpha value is -0.343. The minimum Gasteiger partial charge on any atom is -0.388 e. The van der Waals surface area contributed by atoms with Crippen molar-refractivity contribution in [3.05, 3.63) is 23.9 Å². The first-order valence-corrected chi connectivity index (χ1v) is 10.3. The Labute approximate surface area is 115 Å². The quantitative estimate of drug-likeness (QED) is 0.387. The first-order chi connectivity index (χ1) is 8.15. The Morgan fingerprint density at radius 1 is 1.28 bits per heavy atom. The minimum atomic E-state index is -1.49. The van der Waals surface area contributed by atoms with Crippen LogP contribution < -0.4 is 0 Å². The van der Waals surface area contributed by atoms with E-state index < -0.39 is 8.07 Å². The summed E-state index contributed by atoms with van der Waals surface area (Å²) in [5.74, 6) is 0. The zero-order valence-corrected chi connectivity index (χ0v) is 14.2. The van der Waals surface area contributed by atoms with E-state index in [4.69, 9.17) is 0 Å². The van der Waals surface area contributed by atoms with E-state index in [9.17, 15) is 5.11 Å². The highest BCUT2D eigenvalue weighted by Crippen LogP contribution is 2.37. The van der Waals surface area contributed by atoms with Crippen LogP contribution in [0.2, 0.25) is 18.1 Å². The molecule has 0 aliphatic rings. The smallest absolute Gasteiger partial charge is 0.0783 e. The Kier molecular flexibility index (Phi) is 7.16. The van der Waals surface area contributed by atoms with Gasteiger partial charge in [0.2, 0.25) is 0 Å². The molecule has 0 radical (unpaired) electrons. The van der Waals surface area contributed by atoms with Crippen molar-refractivity contribution in [3.63, 3.8) is 0 Å². The van der Waals surface area contributed by atoms with Crippen molar-refractivity contribution in [2.75, 3.05) is 0 Å². The van der Waals surface area contributed by atoms with Crippen molar-refractivity contribution >= 4 is 8.07 Å². The Balaban J connectivity index is 4.80. The maximum absolute atomic E-state index is 10.2. The first-order valence-electron chi connectivity index (χ1n) is 7.19. The molecule has 1 atom stereocenters. The van der Waals surface area contributed by atoms with Crippen LogP contribution in [0.4, 0.5) is 0 Å². The summed E-state index contributed by atoms with van der Waals surface area (Å²) in [6, 6.07) is 0. The molecular weight excluding hydrogens is 236 g/mol. The van der Waals surface area contributed by atoms with E-state index >= 15 is 0 Å². The molecule has 0 fully saturated rings. The molecule has 0 aromatic carbocycles. The number of aliphatic hydroxyl groups excluding tert-OH is 1. The van der Waals surface area contributed by atoms with Crippen LogP contribution in [0.1, 0.15) is 53.4 Å². The van der Waals surface area contributed by atoms with Gasteiger partial charge >= 0.3 is 0 Å². The summed E-state index contributed by atoms with van der Waals surface area (Å²) < 4.78 is 0. The van der Waals surface area contributed by atoms with Crippen molar-refractivity contribution < 1.29 is 5.11 Å². The molecule has 0 heterocycles. The van der Waals surface area contributed by atoms with Gasteiger partial charge in [0.1, 0.15) is 0 Å². The number of aliphatic hydroxyl groups is 1. The maximum Gasteiger partial charge on any atom is 0.0783 e. The third kappa shape index (κ3) is 5.53. The SMILES string of the molecule is C=C/C(=C\[Si](C)(C)C(C)(C)C)C(O)CCCCC. The number of hydrogen-bond donors (Lipinski definition) is 1. The van der Waals surface area contributed by atoms with E-state index in [0.717, 1.165) is 18.4 Å². The first kappa shape index (κ1) is 17.7. The average molecular weight is 269 g/mol. The molecule has 1 nitrogen and oxygen atoms in total. The summed E-state index contributed by atoms with van der Waals surface area (Å²) in [6.45, 7) is 17.6. The molecule has 0 bridgehead atoms. The molecule has 2 heteroatoms. The fourth-order valence-electron chi connectivity index (χ4n) is 1.68. The van der Waals surface area contributed by atoms with E-state index in [1.54, 1.807) is 0 Å². The largest absolute Gasteiger partial charge is 0.388 e. The highest BCUT2D eigenvalue weighted by molar-refractivity contribution is 6.84. The van der Waals surface area contributed by atoms with Crippen LogP contribution in [0.5, 0.6) is 0 Å². The van der Waals surface area contributed by atoms with Gasteiger partial charge < -0.3 is 5.11 Å². The second-order valence-electron chi connectivity index (χ2n) is 6.83. The molecule has 1 unspecified atom stereocenters. The number of rotatable bonds is 7. The summed E-state index contributed by atoms with van der Waals surface area (Å²) in [5.41, 5.74) is 3.37. The van der Waals surface area contributed by atoms with Gasteiger partial charge in [-0.25, -0.2) is 0 Å². The predicted octanol–water partition coefficient (Wildman–Crippen LogP) is 5.09. The van der Waals surface area contributed by atoms with Gasteiger partial charge in [-0.15, -0.1) is 0 Å². The molecule has 0 aromatic rings. The van der Waals surface area contributed by atoms with Crippen molar-refractivity contribution in [3.8, 4) is 0 Å². The van der Waals surface area contributed by atoms with Gasteiger partial charge in [-0.3, -0.25) is 0 Å². The highest BCUT2D eigenvalue weighted by atomic mass is 28.3. The molecule has 0 aliphatic heterocycles. The lowest BCUT2D eigenvalue weighted by Crippen LogP contribution is -2.36. The van der Waals surface area contributed by atoms with Crippen LogP contribution in [-0.4, -0.2) is 19.3 Å². The minimum absolute atomic E-state index is 0.310. The van der Waals surface area contributed by atoms with E-state index in [2.05, 4.69) is 53.1 Å². The molecule has 1 N–H and O–H groups in total. The monoisotopic (exact) mass is 268 g/mol. The average Bonchev–Trinajstić information content (AvgIpc) is 2.24. The maximum atomic E-state index is 10.2. The summed E-state index contributed by atoms with van der Waals surface area (Å²) in [5, 5.41) is 10.6. The molecule has 18 heavy (non-hydrogen) atoms. The molecule has 0 spiro atoms. The van der Waals surface area contributed by atoms with E-state index in [0.29, 0.717) is 5.04 Å². The van der Waals surface area contributed by atoms with Crippen molar-refractivity contribution in [2.45, 2.75) is 77.6 Å². The molecule has 0 aromatic heterocycles. The Morgan fingerprint density at radius 2 is 1.83 bits per heavy atom. The summed E-state index contributed by atoms with van der Waals surface area (Å²) in [4.78, 5) is 0. The second-order valence-corrected chi connectivity index (χ2v) is 12.1. The van der Waals surface area contributed by atoms with Crippen LogP contribution in [0.25, 0.3) is 0 Å². The van der Waals surface area contributed by atoms with Gasteiger partial charge in [0, 0.05) is 0 Å². The molecule has 0 rings (SSSR count). The van der Waals surface area contributed by atoms with Crippen molar-refractivity contribution in [1.82, 2.24) is 0 Å². The summed E-state index contributed by atoms with van der Waals surface area (Å²) in [7, 11) is -1.49. The number of hydrogen-bond acceptors (Lipinski definition) is 1. The van der Waals surface area contributed by atoms with E-state index in [1.807, 2.05) is 6.08 Å². The molecule has 0 aliphatic carbocycles. The van der Waals surface area contributed by atoms with Crippen molar-refractivity contribution in [2.24, 2.45) is 0 Å². The normalized spacial score (nSPS) is 15.6. The van der Waals surface area contributed by atoms with Gasteiger partial charge in [0.05, 0.1) is 14.2 Å². The number of unbranched alkanes of at least 4 members (excludes halogenated alkanes) is 2. The fourth-order valence-corrected chi connectivity index (χ4v) is 3.26. The third-order valence-electron chi connectivity index (χ3n) is 4.16. The van der Waals surface area contributed by atoms with Crippen LogP contribution >= 0.6 is 0 Å². The van der Waals surface area contributed by atoms with Gasteiger partial charge in [-0.05, 0) is 17.0 Å². The van der Waals surface area contributed by atoms with Crippen molar-refractivity contribution in [1.29, 1.82) is 0 Å². The van der Waals surface area contributed by atoms with Gasteiger partial charge in [-0.1, -0.05) is 78.4 Å². The van der Waals surface area contributed by atoms with E-state index in [1.165, 1.54) is 12.8 Å². The highest BCUT2D eigenvalue weighted by Gasteiger charge is 2.33. The van der Waals surface area contributed by atoms with E-state index in [-0.39, 0.29) is 6.10 Å². The lowest BCUT2D eigenvalue weighted by molar-refractivity contribution is 0.200. The molecule has 106 valence electrons. The summed E-state index contributed by atoms with van der Waals surface area (Å²) in [6.07, 6.45) is 5.87. The molecular formula is C16H32OSi. The van der Waals surface area contributed by atoms with Gasteiger partial charge in [0.25, 0.3) is 0 Å². The lowest BCUT2D eigenvalue weighted by atomic mass is 10.0. The summed E-state index contributed by atoms with van der Waals surface area (Å²) >= 11 is 0.